The highest BCUT2D eigenvalue weighted by atomic mass is 32.2. The van der Waals surface area contributed by atoms with Crippen LogP contribution in [0.3, 0.4) is 0 Å². The zero-order valence-electron chi connectivity index (χ0n) is 7.95. The van der Waals surface area contributed by atoms with Gasteiger partial charge >= 0.3 is 0 Å². The lowest BCUT2D eigenvalue weighted by Gasteiger charge is -2.12. The van der Waals surface area contributed by atoms with E-state index in [0.29, 0.717) is 6.04 Å². The third-order valence-corrected chi connectivity index (χ3v) is 4.63. The molecule has 0 aromatic carbocycles. The molecule has 13 heavy (non-hydrogen) atoms. The fraction of sp³-hybridized carbons (Fsp3) is 0.889. The molecule has 4 heteroatoms. The number of aliphatic imine (C=N–C) groups is 1. The van der Waals surface area contributed by atoms with Crippen LogP contribution in [0.25, 0.3) is 0 Å². The molecule has 0 radical (unpaired) electrons. The zero-order chi connectivity index (χ0) is 9.10. The minimum Gasteiger partial charge on any atom is -0.362 e. The molecule has 2 unspecified atom stereocenters. The predicted molar refractivity (Wildman–Crippen MR) is 62.8 cm³/mol. The molecule has 2 rings (SSSR count). The summed E-state index contributed by atoms with van der Waals surface area (Å²) in [4.78, 5) is 4.41. The number of nitrogens with one attached hydrogen (secondary N) is 1. The van der Waals surface area contributed by atoms with Gasteiger partial charge in [0.25, 0.3) is 0 Å². The Morgan fingerprint density at radius 1 is 1.54 bits per heavy atom. The largest absolute Gasteiger partial charge is 0.362 e. The Balaban J connectivity index is 1.76. The van der Waals surface area contributed by atoms with Gasteiger partial charge < -0.3 is 5.32 Å². The van der Waals surface area contributed by atoms with Gasteiger partial charge in [-0.15, -0.1) is 0 Å². The molecule has 1 N–H and O–H groups in total. The summed E-state index contributed by atoms with van der Waals surface area (Å²) in [6.45, 7) is 1.01. The number of amidine groups is 1. The van der Waals surface area contributed by atoms with Gasteiger partial charge in [0.15, 0.2) is 5.17 Å². The van der Waals surface area contributed by atoms with Crippen molar-refractivity contribution in [3.05, 3.63) is 0 Å². The molecule has 74 valence electrons. The van der Waals surface area contributed by atoms with Crippen molar-refractivity contribution in [2.45, 2.75) is 30.6 Å². The van der Waals surface area contributed by atoms with Crippen LogP contribution in [0.2, 0.25) is 0 Å². The Kier molecular flexibility index (Phi) is 3.44. The van der Waals surface area contributed by atoms with Crippen molar-refractivity contribution < 1.29 is 0 Å². The van der Waals surface area contributed by atoms with Crippen LogP contribution in [0.5, 0.6) is 0 Å². The van der Waals surface area contributed by atoms with Gasteiger partial charge in [0.1, 0.15) is 0 Å². The minimum absolute atomic E-state index is 0.696. The molecule has 2 aliphatic rings. The van der Waals surface area contributed by atoms with Crippen LogP contribution in [-0.2, 0) is 0 Å². The Bertz CT molecular complexity index is 206. The van der Waals surface area contributed by atoms with Crippen LogP contribution >= 0.6 is 23.5 Å². The molecule has 1 heterocycles. The summed E-state index contributed by atoms with van der Waals surface area (Å²) in [6, 6.07) is 0.696. The SMILES string of the molecule is CSC1CCC(NC2=NCCS2)C1. The summed E-state index contributed by atoms with van der Waals surface area (Å²) in [7, 11) is 0. The highest BCUT2D eigenvalue weighted by molar-refractivity contribution is 8.14. The Morgan fingerprint density at radius 3 is 3.08 bits per heavy atom. The molecule has 0 bridgehead atoms. The number of nitrogens with zero attached hydrogens (tertiary/aromatic N) is 1. The summed E-state index contributed by atoms with van der Waals surface area (Å²) >= 11 is 3.88. The van der Waals surface area contributed by atoms with E-state index >= 15 is 0 Å². The maximum atomic E-state index is 4.41. The first-order valence-electron chi connectivity index (χ1n) is 4.85. The van der Waals surface area contributed by atoms with Crippen LogP contribution in [0.4, 0.5) is 0 Å². The first-order valence-corrected chi connectivity index (χ1v) is 7.12. The highest BCUT2D eigenvalue weighted by Gasteiger charge is 2.25. The second kappa shape index (κ2) is 4.60. The number of rotatable bonds is 2. The molecular formula is C9H16N2S2. The van der Waals surface area contributed by atoms with E-state index in [-0.39, 0.29) is 0 Å². The third kappa shape index (κ3) is 2.56. The lowest BCUT2D eigenvalue weighted by molar-refractivity contribution is 0.636. The highest BCUT2D eigenvalue weighted by Crippen LogP contribution is 2.28. The quantitative estimate of drug-likeness (QED) is 0.763. The Hall–Kier alpha value is 0.170. The number of thioether (sulfide) groups is 2. The molecule has 0 aromatic rings. The number of hydrogen-bond acceptors (Lipinski definition) is 4. The molecule has 2 nitrogen and oxygen atoms in total. The molecule has 1 aliphatic carbocycles. The van der Waals surface area contributed by atoms with Crippen LogP contribution in [0.1, 0.15) is 19.3 Å². The lowest BCUT2D eigenvalue weighted by Crippen LogP contribution is -2.30. The van der Waals surface area contributed by atoms with E-state index in [1.807, 2.05) is 23.5 Å². The predicted octanol–water partition coefficient (Wildman–Crippen LogP) is 1.96. The van der Waals surface area contributed by atoms with Crippen LogP contribution in [-0.4, -0.2) is 35.0 Å². The molecule has 0 aromatic heterocycles. The van der Waals surface area contributed by atoms with Crippen LogP contribution < -0.4 is 5.32 Å². The third-order valence-electron chi connectivity index (χ3n) is 2.63. The molecule has 2 atom stereocenters. The maximum Gasteiger partial charge on any atom is 0.156 e. The van der Waals surface area contributed by atoms with Crippen molar-refractivity contribution in [1.29, 1.82) is 0 Å². The van der Waals surface area contributed by atoms with E-state index in [4.69, 9.17) is 0 Å². The van der Waals surface area contributed by atoms with Gasteiger partial charge in [0.2, 0.25) is 0 Å². The summed E-state index contributed by atoms with van der Waals surface area (Å²) < 4.78 is 0. The molecule has 0 spiro atoms. The topological polar surface area (TPSA) is 24.4 Å². The molecule has 1 fully saturated rings. The van der Waals surface area contributed by atoms with Gasteiger partial charge in [0, 0.05) is 17.0 Å². The Labute approximate surface area is 88.3 Å². The van der Waals surface area contributed by atoms with Gasteiger partial charge in [0.05, 0.1) is 6.54 Å². The van der Waals surface area contributed by atoms with Gasteiger partial charge in [-0.3, -0.25) is 4.99 Å². The van der Waals surface area contributed by atoms with Crippen molar-refractivity contribution in [2.75, 3.05) is 18.6 Å². The van der Waals surface area contributed by atoms with Crippen LogP contribution in [0, 0.1) is 0 Å². The van der Waals surface area contributed by atoms with Crippen molar-refractivity contribution in [3.8, 4) is 0 Å². The van der Waals surface area contributed by atoms with Gasteiger partial charge in [-0.05, 0) is 25.5 Å². The van der Waals surface area contributed by atoms with Gasteiger partial charge in [-0.25, -0.2) is 0 Å². The van der Waals surface area contributed by atoms with Gasteiger partial charge in [-0.2, -0.15) is 11.8 Å². The van der Waals surface area contributed by atoms with E-state index in [2.05, 4.69) is 16.6 Å². The van der Waals surface area contributed by atoms with E-state index < -0.39 is 0 Å². The molecule has 0 amide bonds. The summed E-state index contributed by atoms with van der Waals surface area (Å²) in [6.07, 6.45) is 6.23. The van der Waals surface area contributed by atoms with E-state index in [0.717, 1.165) is 11.8 Å². The second-order valence-electron chi connectivity index (χ2n) is 3.55. The first-order chi connectivity index (χ1) is 6.38. The monoisotopic (exact) mass is 216 g/mol. The first kappa shape index (κ1) is 9.71. The normalized spacial score (nSPS) is 33.5. The minimum atomic E-state index is 0.696. The second-order valence-corrected chi connectivity index (χ2v) is 5.77. The smallest absolute Gasteiger partial charge is 0.156 e. The average Bonchev–Trinajstić information content (AvgIpc) is 2.76. The standard InChI is InChI=1S/C9H16N2S2/c1-12-8-3-2-7(6-8)11-9-10-4-5-13-9/h7-8H,2-6H2,1H3,(H,10,11). The lowest BCUT2D eigenvalue weighted by atomic mass is 10.3. The summed E-state index contributed by atoms with van der Waals surface area (Å²) in [5.41, 5.74) is 0. The molecule has 1 saturated carbocycles. The van der Waals surface area contributed by atoms with E-state index in [9.17, 15) is 0 Å². The fourth-order valence-corrected chi connectivity index (χ4v) is 3.49. The van der Waals surface area contributed by atoms with Crippen molar-refractivity contribution in [2.24, 2.45) is 4.99 Å². The van der Waals surface area contributed by atoms with Crippen molar-refractivity contribution in [3.63, 3.8) is 0 Å². The average molecular weight is 216 g/mol. The van der Waals surface area contributed by atoms with Gasteiger partial charge in [-0.1, -0.05) is 11.8 Å². The number of hydrogen-bond donors (Lipinski definition) is 1. The molecular weight excluding hydrogens is 200 g/mol. The maximum absolute atomic E-state index is 4.41. The fourth-order valence-electron chi connectivity index (χ4n) is 1.88. The zero-order valence-corrected chi connectivity index (χ0v) is 9.59. The van der Waals surface area contributed by atoms with Crippen molar-refractivity contribution in [1.82, 2.24) is 5.32 Å². The van der Waals surface area contributed by atoms with E-state index in [1.54, 1.807) is 0 Å². The Morgan fingerprint density at radius 2 is 2.46 bits per heavy atom. The summed E-state index contributed by atoms with van der Waals surface area (Å²) in [5.74, 6) is 1.17. The summed E-state index contributed by atoms with van der Waals surface area (Å²) in [5, 5.41) is 5.61. The molecule has 1 aliphatic heterocycles. The van der Waals surface area contributed by atoms with E-state index in [1.165, 1.54) is 30.2 Å². The molecule has 0 saturated heterocycles. The van der Waals surface area contributed by atoms with Crippen LogP contribution in [0.15, 0.2) is 4.99 Å². The van der Waals surface area contributed by atoms with Crippen molar-refractivity contribution >= 4 is 28.7 Å².